The van der Waals surface area contributed by atoms with E-state index in [0.29, 0.717) is 38.3 Å². The minimum atomic E-state index is -0.943. The number of nitrogens with two attached hydrogens (primary N) is 1. The number of aliphatic imine (C=N–C) groups is 1. The molecule has 0 bridgehead atoms. The first kappa shape index (κ1) is 12.6. The molecule has 1 aliphatic carbocycles. The van der Waals surface area contributed by atoms with Crippen molar-refractivity contribution in [3.63, 3.8) is 0 Å². The Kier molecular flexibility index (Phi) is 4.20. The summed E-state index contributed by atoms with van der Waals surface area (Å²) in [4.78, 5) is 4.21. The maximum absolute atomic E-state index is 13.6. The minimum absolute atomic E-state index is 0.217. The highest BCUT2D eigenvalue weighted by atomic mass is 19.1. The van der Waals surface area contributed by atoms with Crippen LogP contribution in [0.5, 0.6) is 0 Å². The number of hydrogen-bond acceptors (Lipinski definition) is 2. The van der Waals surface area contributed by atoms with Crippen molar-refractivity contribution in [1.82, 2.24) is 5.32 Å². The molecule has 1 atom stereocenters. The molecule has 3 N–H and O–H groups in total. The molecule has 5 heteroatoms. The first-order valence-electron chi connectivity index (χ1n) is 6.52. The normalized spacial score (nSPS) is 27.8. The third-order valence-electron chi connectivity index (χ3n) is 3.62. The summed E-state index contributed by atoms with van der Waals surface area (Å²) in [5.74, 6) is 0.406. The number of alkyl halides is 1. The van der Waals surface area contributed by atoms with Crippen LogP contribution in [0.25, 0.3) is 0 Å². The summed E-state index contributed by atoms with van der Waals surface area (Å²) in [5.41, 5.74) is 4.76. The van der Waals surface area contributed by atoms with E-state index >= 15 is 0 Å². The molecule has 1 unspecified atom stereocenters. The van der Waals surface area contributed by atoms with E-state index in [1.54, 1.807) is 0 Å². The maximum atomic E-state index is 13.6. The number of hydrogen-bond donors (Lipinski definition) is 2. The van der Waals surface area contributed by atoms with E-state index in [1.807, 2.05) is 0 Å². The summed E-state index contributed by atoms with van der Waals surface area (Å²) in [7, 11) is 0. The highest BCUT2D eigenvalue weighted by molar-refractivity contribution is 5.77. The molecular formula is C12H22FN3O. The van der Waals surface area contributed by atoms with Crippen molar-refractivity contribution in [2.75, 3.05) is 19.7 Å². The Morgan fingerprint density at radius 3 is 2.88 bits per heavy atom. The van der Waals surface area contributed by atoms with Gasteiger partial charge in [-0.1, -0.05) is 0 Å². The van der Waals surface area contributed by atoms with Crippen LogP contribution in [0, 0.1) is 0 Å². The molecule has 0 spiro atoms. The van der Waals surface area contributed by atoms with E-state index < -0.39 is 5.67 Å². The number of nitrogens with zero attached hydrogens (tertiary/aromatic N) is 1. The number of halogens is 1. The zero-order valence-electron chi connectivity index (χ0n) is 10.3. The fourth-order valence-electron chi connectivity index (χ4n) is 2.27. The van der Waals surface area contributed by atoms with E-state index in [-0.39, 0.29) is 6.10 Å². The zero-order valence-corrected chi connectivity index (χ0v) is 10.3. The van der Waals surface area contributed by atoms with Gasteiger partial charge in [-0.15, -0.1) is 0 Å². The smallest absolute Gasteiger partial charge is 0.188 e. The van der Waals surface area contributed by atoms with Gasteiger partial charge in [-0.3, -0.25) is 4.99 Å². The van der Waals surface area contributed by atoms with Gasteiger partial charge in [0, 0.05) is 13.2 Å². The molecule has 0 amide bonds. The highest BCUT2D eigenvalue weighted by Gasteiger charge is 2.36. The van der Waals surface area contributed by atoms with Crippen LogP contribution >= 0.6 is 0 Å². The van der Waals surface area contributed by atoms with E-state index in [9.17, 15) is 4.39 Å². The molecule has 0 aromatic heterocycles. The van der Waals surface area contributed by atoms with Crippen molar-refractivity contribution in [2.45, 2.75) is 50.3 Å². The van der Waals surface area contributed by atoms with Crippen LogP contribution in [-0.4, -0.2) is 37.4 Å². The lowest BCUT2D eigenvalue weighted by Crippen LogP contribution is -2.39. The monoisotopic (exact) mass is 243 g/mol. The first-order valence-corrected chi connectivity index (χ1v) is 6.52. The van der Waals surface area contributed by atoms with Gasteiger partial charge in [-0.2, -0.15) is 0 Å². The summed E-state index contributed by atoms with van der Waals surface area (Å²) in [6.07, 6.45) is 5.32. The summed E-state index contributed by atoms with van der Waals surface area (Å²) in [6.45, 7) is 2.01. The van der Waals surface area contributed by atoms with E-state index in [2.05, 4.69) is 10.3 Å². The highest BCUT2D eigenvalue weighted by Crippen LogP contribution is 2.38. The molecule has 1 aliphatic heterocycles. The van der Waals surface area contributed by atoms with Gasteiger partial charge in [0.15, 0.2) is 5.96 Å². The van der Waals surface area contributed by atoms with Gasteiger partial charge in [0.1, 0.15) is 5.67 Å². The topological polar surface area (TPSA) is 59.6 Å². The van der Waals surface area contributed by atoms with Crippen LogP contribution in [0.4, 0.5) is 4.39 Å². The fraction of sp³-hybridized carbons (Fsp3) is 0.917. The van der Waals surface area contributed by atoms with Gasteiger partial charge < -0.3 is 15.8 Å². The third kappa shape index (κ3) is 3.84. The van der Waals surface area contributed by atoms with Gasteiger partial charge in [-0.25, -0.2) is 4.39 Å². The van der Waals surface area contributed by atoms with Gasteiger partial charge in [0.2, 0.25) is 0 Å². The Labute approximate surface area is 102 Å². The standard InChI is InChI=1S/C12H22FN3O/c13-12(4-2-5-12)6-7-15-11(14)16-9-10-3-1-8-17-10/h10H,1-9H2,(H3,14,15,16). The summed E-state index contributed by atoms with van der Waals surface area (Å²) < 4.78 is 19.1. The molecule has 0 aromatic rings. The summed E-state index contributed by atoms with van der Waals surface area (Å²) in [5, 5.41) is 2.96. The van der Waals surface area contributed by atoms with Crippen molar-refractivity contribution < 1.29 is 9.13 Å². The van der Waals surface area contributed by atoms with Crippen LogP contribution < -0.4 is 11.1 Å². The Balaban J connectivity index is 1.59. The van der Waals surface area contributed by atoms with Crippen molar-refractivity contribution >= 4 is 5.96 Å². The molecule has 2 fully saturated rings. The molecular weight excluding hydrogens is 221 g/mol. The van der Waals surface area contributed by atoms with Gasteiger partial charge >= 0.3 is 0 Å². The van der Waals surface area contributed by atoms with E-state index in [4.69, 9.17) is 10.5 Å². The second kappa shape index (κ2) is 5.67. The third-order valence-corrected chi connectivity index (χ3v) is 3.62. The number of ether oxygens (including phenoxy) is 1. The molecule has 2 rings (SSSR count). The zero-order chi connectivity index (χ0) is 12.1. The number of nitrogens with one attached hydrogen (secondary N) is 1. The molecule has 0 aromatic carbocycles. The van der Waals surface area contributed by atoms with Crippen molar-refractivity contribution in [3.05, 3.63) is 0 Å². The average Bonchev–Trinajstić information content (AvgIpc) is 2.77. The van der Waals surface area contributed by atoms with Crippen molar-refractivity contribution in [3.8, 4) is 0 Å². The Hall–Kier alpha value is -0.840. The van der Waals surface area contributed by atoms with Gasteiger partial charge in [0.25, 0.3) is 0 Å². The lowest BCUT2D eigenvalue weighted by atomic mass is 9.80. The van der Waals surface area contributed by atoms with Crippen LogP contribution in [0.2, 0.25) is 0 Å². The molecule has 2 aliphatic rings. The summed E-state index contributed by atoms with van der Waals surface area (Å²) >= 11 is 0. The van der Waals surface area contributed by atoms with Crippen LogP contribution in [0.3, 0.4) is 0 Å². The average molecular weight is 243 g/mol. The minimum Gasteiger partial charge on any atom is -0.376 e. The predicted octanol–water partition coefficient (Wildman–Crippen LogP) is 1.35. The van der Waals surface area contributed by atoms with E-state index in [1.165, 1.54) is 0 Å². The van der Waals surface area contributed by atoms with Crippen molar-refractivity contribution in [1.29, 1.82) is 0 Å². The number of guanidine groups is 1. The lowest BCUT2D eigenvalue weighted by molar-refractivity contribution is 0.0554. The van der Waals surface area contributed by atoms with Crippen molar-refractivity contribution in [2.24, 2.45) is 10.7 Å². The number of rotatable bonds is 5. The molecule has 1 saturated heterocycles. The van der Waals surface area contributed by atoms with Gasteiger partial charge in [-0.05, 0) is 38.5 Å². The second-order valence-electron chi connectivity index (χ2n) is 5.04. The SMILES string of the molecule is NC(=NCC1CCCO1)NCCC1(F)CCC1. The Morgan fingerprint density at radius 1 is 1.47 bits per heavy atom. The molecule has 17 heavy (non-hydrogen) atoms. The molecule has 4 nitrogen and oxygen atoms in total. The van der Waals surface area contributed by atoms with Gasteiger partial charge in [0.05, 0.1) is 12.6 Å². The predicted molar refractivity (Wildman–Crippen MR) is 65.8 cm³/mol. The second-order valence-corrected chi connectivity index (χ2v) is 5.04. The van der Waals surface area contributed by atoms with Crippen LogP contribution in [-0.2, 0) is 4.74 Å². The molecule has 98 valence electrons. The van der Waals surface area contributed by atoms with Crippen LogP contribution in [0.1, 0.15) is 38.5 Å². The fourth-order valence-corrected chi connectivity index (χ4v) is 2.27. The summed E-state index contributed by atoms with van der Waals surface area (Å²) in [6, 6.07) is 0. The molecule has 1 saturated carbocycles. The van der Waals surface area contributed by atoms with Crippen LogP contribution in [0.15, 0.2) is 4.99 Å². The molecule has 0 radical (unpaired) electrons. The first-order chi connectivity index (χ1) is 8.18. The Bertz CT molecular complexity index is 273. The van der Waals surface area contributed by atoms with E-state index in [0.717, 1.165) is 25.9 Å². The maximum Gasteiger partial charge on any atom is 0.188 e. The Morgan fingerprint density at radius 2 is 2.29 bits per heavy atom. The lowest BCUT2D eigenvalue weighted by Gasteiger charge is -2.33. The molecule has 1 heterocycles. The quantitative estimate of drug-likeness (QED) is 0.566. The largest absolute Gasteiger partial charge is 0.376 e.